The average molecular weight is 380 g/mol. The zero-order valence-electron chi connectivity index (χ0n) is 12.3. The molecule has 2 heterocycles. The van der Waals surface area contributed by atoms with Gasteiger partial charge in [-0.3, -0.25) is 4.79 Å². The van der Waals surface area contributed by atoms with Crippen LogP contribution < -0.4 is 14.8 Å². The van der Waals surface area contributed by atoms with Crippen LogP contribution in [0.4, 0.5) is 5.69 Å². The molecule has 0 aliphatic carbocycles. The van der Waals surface area contributed by atoms with Gasteiger partial charge in [-0.1, -0.05) is 29.3 Å². The number of thiophene rings is 1. The van der Waals surface area contributed by atoms with E-state index in [1.165, 1.54) is 11.3 Å². The fraction of sp³-hybridized carbons (Fsp3) is 0.118. The van der Waals surface area contributed by atoms with Crippen molar-refractivity contribution in [1.29, 1.82) is 0 Å². The third kappa shape index (κ3) is 2.69. The molecule has 0 radical (unpaired) electrons. The minimum Gasteiger partial charge on any atom is -0.486 e. The van der Waals surface area contributed by atoms with Crippen LogP contribution in [0.15, 0.2) is 36.4 Å². The van der Waals surface area contributed by atoms with Gasteiger partial charge in [0.15, 0.2) is 11.5 Å². The van der Waals surface area contributed by atoms with Crippen molar-refractivity contribution in [2.75, 3.05) is 18.5 Å². The molecule has 1 aliphatic rings. The van der Waals surface area contributed by atoms with Crippen molar-refractivity contribution < 1.29 is 14.3 Å². The third-order valence-electron chi connectivity index (χ3n) is 3.61. The first-order chi connectivity index (χ1) is 11.6. The highest BCUT2D eigenvalue weighted by Gasteiger charge is 2.20. The number of fused-ring (bicyclic) bond motifs is 2. The quantitative estimate of drug-likeness (QED) is 0.662. The van der Waals surface area contributed by atoms with Crippen LogP contribution in [0.5, 0.6) is 11.5 Å². The van der Waals surface area contributed by atoms with E-state index in [0.29, 0.717) is 50.7 Å². The minimum atomic E-state index is -0.283. The molecule has 0 fully saturated rings. The highest BCUT2D eigenvalue weighted by atomic mass is 35.5. The van der Waals surface area contributed by atoms with Gasteiger partial charge in [0, 0.05) is 21.8 Å². The molecule has 3 aromatic rings. The molecule has 4 rings (SSSR count). The molecule has 7 heteroatoms. The summed E-state index contributed by atoms with van der Waals surface area (Å²) in [6.45, 7) is 1.02. The number of halogens is 2. The van der Waals surface area contributed by atoms with Crippen LogP contribution in [-0.2, 0) is 0 Å². The molecule has 0 atom stereocenters. The molecular weight excluding hydrogens is 369 g/mol. The number of benzene rings is 2. The van der Waals surface area contributed by atoms with E-state index in [4.69, 9.17) is 32.7 Å². The van der Waals surface area contributed by atoms with Gasteiger partial charge >= 0.3 is 0 Å². The summed E-state index contributed by atoms with van der Waals surface area (Å²) in [5, 5.41) is 4.45. The number of nitrogens with one attached hydrogen (secondary N) is 1. The second-order valence-corrected chi connectivity index (χ2v) is 7.01. The summed E-state index contributed by atoms with van der Waals surface area (Å²) in [6, 6.07) is 10.7. The Labute approximate surface area is 151 Å². The summed E-state index contributed by atoms with van der Waals surface area (Å²) in [7, 11) is 0. The van der Waals surface area contributed by atoms with Gasteiger partial charge in [0.1, 0.15) is 18.1 Å². The second kappa shape index (κ2) is 6.16. The molecule has 0 bridgehead atoms. The summed E-state index contributed by atoms with van der Waals surface area (Å²) in [5.41, 5.74) is 0.615. The van der Waals surface area contributed by atoms with Crippen molar-refractivity contribution >= 4 is 56.2 Å². The zero-order valence-corrected chi connectivity index (χ0v) is 14.6. The van der Waals surface area contributed by atoms with Crippen LogP contribution in [-0.4, -0.2) is 19.1 Å². The zero-order chi connectivity index (χ0) is 16.7. The number of rotatable bonds is 2. The smallest absolute Gasteiger partial charge is 0.267 e. The summed E-state index contributed by atoms with van der Waals surface area (Å²) >= 11 is 13.8. The minimum absolute atomic E-state index is 0.283. The summed E-state index contributed by atoms with van der Waals surface area (Å²) in [6.07, 6.45) is 0. The first kappa shape index (κ1) is 15.6. The van der Waals surface area contributed by atoms with E-state index in [2.05, 4.69) is 5.32 Å². The number of amides is 1. The molecule has 0 spiro atoms. The van der Waals surface area contributed by atoms with Gasteiger partial charge in [-0.05, 0) is 24.3 Å². The van der Waals surface area contributed by atoms with Gasteiger partial charge in [0.05, 0.1) is 10.0 Å². The van der Waals surface area contributed by atoms with Crippen LogP contribution in [0.1, 0.15) is 9.67 Å². The highest BCUT2D eigenvalue weighted by molar-refractivity contribution is 7.21. The lowest BCUT2D eigenvalue weighted by molar-refractivity contribution is 0.103. The Morgan fingerprint density at radius 3 is 2.67 bits per heavy atom. The van der Waals surface area contributed by atoms with Crippen LogP contribution in [0, 0.1) is 0 Å². The Morgan fingerprint density at radius 1 is 1.08 bits per heavy atom. The van der Waals surface area contributed by atoms with Crippen molar-refractivity contribution in [1.82, 2.24) is 0 Å². The third-order valence-corrected chi connectivity index (χ3v) is 5.57. The molecule has 2 aromatic carbocycles. The van der Waals surface area contributed by atoms with Crippen LogP contribution in [0.25, 0.3) is 10.1 Å². The van der Waals surface area contributed by atoms with Gasteiger partial charge in [-0.2, -0.15) is 0 Å². The van der Waals surface area contributed by atoms with Crippen molar-refractivity contribution in [3.63, 3.8) is 0 Å². The van der Waals surface area contributed by atoms with Crippen LogP contribution in [0.3, 0.4) is 0 Å². The SMILES string of the molecule is O=C(Nc1ccc2c(c1)OCCO2)c1sc2cccc(Cl)c2c1Cl. The highest BCUT2D eigenvalue weighted by Crippen LogP contribution is 2.40. The fourth-order valence-corrected chi connectivity index (χ4v) is 4.38. The molecular formula is C17H11Cl2NO3S. The lowest BCUT2D eigenvalue weighted by Gasteiger charge is -2.18. The normalized spacial score (nSPS) is 13.1. The number of carbonyl (C=O) groups excluding carboxylic acids is 1. The Kier molecular flexibility index (Phi) is 4.00. The lowest BCUT2D eigenvalue weighted by Crippen LogP contribution is -2.16. The number of carbonyl (C=O) groups is 1. The average Bonchev–Trinajstić information content (AvgIpc) is 2.93. The first-order valence-corrected chi connectivity index (χ1v) is 8.78. The topological polar surface area (TPSA) is 47.6 Å². The van der Waals surface area contributed by atoms with E-state index in [9.17, 15) is 4.79 Å². The predicted molar refractivity (Wildman–Crippen MR) is 97.2 cm³/mol. The Bertz CT molecular complexity index is 954. The van der Waals surface area contributed by atoms with Crippen molar-refractivity contribution in [3.05, 3.63) is 51.3 Å². The number of hydrogen-bond donors (Lipinski definition) is 1. The van der Waals surface area contributed by atoms with Crippen molar-refractivity contribution in [3.8, 4) is 11.5 Å². The van der Waals surface area contributed by atoms with Gasteiger partial charge in [-0.25, -0.2) is 0 Å². The summed E-state index contributed by atoms with van der Waals surface area (Å²) < 4.78 is 11.9. The molecule has 24 heavy (non-hydrogen) atoms. The lowest BCUT2D eigenvalue weighted by atomic mass is 10.2. The van der Waals surface area contributed by atoms with Crippen LogP contribution in [0.2, 0.25) is 10.0 Å². The Hall–Kier alpha value is -1.95. The molecule has 4 nitrogen and oxygen atoms in total. The standard InChI is InChI=1S/C17H11Cl2NO3S/c18-10-2-1-3-13-14(10)15(19)16(24-13)17(21)20-9-4-5-11-12(8-9)23-7-6-22-11/h1-5,8H,6-7H2,(H,20,21). The number of anilines is 1. The maximum atomic E-state index is 12.6. The number of ether oxygens (including phenoxy) is 2. The van der Waals surface area contributed by atoms with Crippen molar-refractivity contribution in [2.24, 2.45) is 0 Å². The van der Waals surface area contributed by atoms with Gasteiger partial charge in [0.25, 0.3) is 5.91 Å². The predicted octanol–water partition coefficient (Wildman–Crippen LogP) is 5.23. The Morgan fingerprint density at radius 2 is 1.88 bits per heavy atom. The fourth-order valence-electron chi connectivity index (χ4n) is 2.53. The van der Waals surface area contributed by atoms with Gasteiger partial charge < -0.3 is 14.8 Å². The molecule has 1 aliphatic heterocycles. The molecule has 1 aromatic heterocycles. The molecule has 1 N–H and O–H groups in total. The maximum Gasteiger partial charge on any atom is 0.267 e. The number of hydrogen-bond acceptors (Lipinski definition) is 4. The molecule has 0 saturated heterocycles. The largest absolute Gasteiger partial charge is 0.486 e. The van der Waals surface area contributed by atoms with Crippen LogP contribution >= 0.6 is 34.5 Å². The van der Waals surface area contributed by atoms with Crippen molar-refractivity contribution in [2.45, 2.75) is 0 Å². The summed E-state index contributed by atoms with van der Waals surface area (Å²) in [4.78, 5) is 13.0. The molecule has 0 unspecified atom stereocenters. The first-order valence-electron chi connectivity index (χ1n) is 7.21. The molecule has 122 valence electrons. The van der Waals surface area contributed by atoms with E-state index in [0.717, 1.165) is 4.70 Å². The van der Waals surface area contributed by atoms with E-state index in [-0.39, 0.29) is 5.91 Å². The second-order valence-electron chi connectivity index (χ2n) is 5.17. The van der Waals surface area contributed by atoms with E-state index >= 15 is 0 Å². The molecule has 1 amide bonds. The van der Waals surface area contributed by atoms with Gasteiger partial charge in [-0.15, -0.1) is 11.3 Å². The monoisotopic (exact) mass is 379 g/mol. The molecule has 0 saturated carbocycles. The van der Waals surface area contributed by atoms with E-state index in [1.807, 2.05) is 12.1 Å². The van der Waals surface area contributed by atoms with Gasteiger partial charge in [0.2, 0.25) is 0 Å². The Balaban J connectivity index is 1.65. The van der Waals surface area contributed by atoms with E-state index in [1.54, 1.807) is 24.3 Å². The maximum absolute atomic E-state index is 12.6. The van der Waals surface area contributed by atoms with E-state index < -0.39 is 0 Å². The summed E-state index contributed by atoms with van der Waals surface area (Å²) in [5.74, 6) is 1.00.